The summed E-state index contributed by atoms with van der Waals surface area (Å²) in [5.41, 5.74) is 0.150. The second kappa shape index (κ2) is 4.54. The van der Waals surface area contributed by atoms with Crippen LogP contribution in [-0.2, 0) is 15.8 Å². The highest BCUT2D eigenvalue weighted by Crippen LogP contribution is 2.17. The number of esters is 1. The van der Waals surface area contributed by atoms with Gasteiger partial charge in [-0.1, -0.05) is 11.6 Å². The molecular weight excluding hydrogens is 228 g/mol. The molecule has 0 heterocycles. The van der Waals surface area contributed by atoms with Gasteiger partial charge in [-0.25, -0.2) is 9.00 Å². The highest BCUT2D eigenvalue weighted by Gasteiger charge is 2.10. The molecule has 0 saturated carbocycles. The Labute approximate surface area is 88.1 Å². The van der Waals surface area contributed by atoms with Crippen molar-refractivity contribution in [1.82, 2.24) is 0 Å². The normalized spacial score (nSPS) is 12.2. The molecule has 76 valence electrons. The van der Waals surface area contributed by atoms with Crippen molar-refractivity contribution in [2.24, 2.45) is 0 Å². The van der Waals surface area contributed by atoms with Gasteiger partial charge < -0.3 is 9.29 Å². The van der Waals surface area contributed by atoms with Crippen LogP contribution in [0.1, 0.15) is 10.4 Å². The molecule has 0 fully saturated rings. The van der Waals surface area contributed by atoms with E-state index < -0.39 is 17.0 Å². The first kappa shape index (κ1) is 11.2. The van der Waals surface area contributed by atoms with Crippen LogP contribution in [0.4, 0.5) is 0 Å². The van der Waals surface area contributed by atoms with Gasteiger partial charge in [-0.3, -0.25) is 0 Å². The maximum absolute atomic E-state index is 11.1. The lowest BCUT2D eigenvalue weighted by Crippen LogP contribution is -2.02. The molecule has 4 nitrogen and oxygen atoms in total. The molecule has 14 heavy (non-hydrogen) atoms. The van der Waals surface area contributed by atoms with Crippen LogP contribution in [0, 0.1) is 0 Å². The van der Waals surface area contributed by atoms with Crippen LogP contribution in [0.2, 0.25) is 5.02 Å². The number of ether oxygens (including phenoxy) is 1. The summed E-state index contributed by atoms with van der Waals surface area (Å²) in [6.07, 6.45) is 0. The largest absolute Gasteiger partial charge is 0.465 e. The summed E-state index contributed by atoms with van der Waals surface area (Å²) in [5.74, 6) is -0.598. The van der Waals surface area contributed by atoms with Crippen molar-refractivity contribution in [1.29, 1.82) is 0 Å². The molecule has 6 heteroatoms. The summed E-state index contributed by atoms with van der Waals surface area (Å²) in [6, 6.07) is 3.93. The minimum Gasteiger partial charge on any atom is -0.465 e. The Morgan fingerprint density at radius 2 is 2.14 bits per heavy atom. The van der Waals surface area contributed by atoms with Crippen LogP contribution >= 0.6 is 11.6 Å². The summed E-state index contributed by atoms with van der Waals surface area (Å²) in [4.78, 5) is 11.1. The minimum atomic E-state index is -2.16. The zero-order valence-electron chi connectivity index (χ0n) is 7.19. The molecule has 1 N–H and O–H groups in total. The molecule has 0 radical (unpaired) electrons. The van der Waals surface area contributed by atoms with Crippen molar-refractivity contribution < 1.29 is 18.3 Å². The van der Waals surface area contributed by atoms with E-state index in [-0.39, 0.29) is 15.5 Å². The van der Waals surface area contributed by atoms with Gasteiger partial charge in [-0.05, 0) is 18.2 Å². The van der Waals surface area contributed by atoms with E-state index >= 15 is 0 Å². The first-order chi connectivity index (χ1) is 6.54. The summed E-state index contributed by atoms with van der Waals surface area (Å²) in [6.45, 7) is 0. The van der Waals surface area contributed by atoms with Crippen LogP contribution in [0.3, 0.4) is 0 Å². The molecule has 1 rings (SSSR count). The lowest BCUT2D eigenvalue weighted by molar-refractivity contribution is 0.0600. The third-order valence-electron chi connectivity index (χ3n) is 1.49. The van der Waals surface area contributed by atoms with E-state index in [0.29, 0.717) is 0 Å². The Bertz CT molecular complexity index is 391. The van der Waals surface area contributed by atoms with E-state index in [1.54, 1.807) is 0 Å². The Hall–Kier alpha value is -0.910. The van der Waals surface area contributed by atoms with Gasteiger partial charge in [0.05, 0.1) is 17.6 Å². The average molecular weight is 235 g/mol. The molecule has 0 aliphatic carbocycles. The number of benzene rings is 1. The van der Waals surface area contributed by atoms with Gasteiger partial charge in [0, 0.05) is 5.02 Å². The number of carbonyl (C=O) groups excluding carboxylic acids is 1. The molecule has 0 aliphatic heterocycles. The van der Waals surface area contributed by atoms with Crippen molar-refractivity contribution in [2.45, 2.75) is 4.90 Å². The number of hydrogen-bond acceptors (Lipinski definition) is 3. The topological polar surface area (TPSA) is 63.6 Å². The number of halogens is 1. The van der Waals surface area contributed by atoms with Gasteiger partial charge >= 0.3 is 5.97 Å². The van der Waals surface area contributed by atoms with Crippen molar-refractivity contribution >= 4 is 28.7 Å². The van der Waals surface area contributed by atoms with Crippen LogP contribution in [-0.4, -0.2) is 21.8 Å². The Balaban J connectivity index is 3.20. The number of hydrogen-bond donors (Lipinski definition) is 1. The number of carbonyl (C=O) groups is 1. The van der Waals surface area contributed by atoms with Gasteiger partial charge in [0.2, 0.25) is 0 Å². The van der Waals surface area contributed by atoms with Crippen molar-refractivity contribution in [2.75, 3.05) is 7.11 Å². The zero-order valence-corrected chi connectivity index (χ0v) is 8.76. The smallest absolute Gasteiger partial charge is 0.337 e. The third-order valence-corrected chi connectivity index (χ3v) is 2.35. The molecule has 0 bridgehead atoms. The molecular formula is C8H7ClO4S. The molecule has 1 aromatic rings. The molecule has 0 spiro atoms. The summed E-state index contributed by atoms with van der Waals surface area (Å²) in [5, 5.41) is 0.213. The summed E-state index contributed by atoms with van der Waals surface area (Å²) >= 11 is 3.48. The standard InChI is InChI=1S/C8H7ClO4S/c1-13-8(10)5-2-6(9)4-7(3-5)14(11)12/h2-4H,1H3,(H,11,12). The molecule has 0 amide bonds. The fourth-order valence-corrected chi connectivity index (χ4v) is 1.65. The van der Waals surface area contributed by atoms with E-state index in [2.05, 4.69) is 4.74 Å². The van der Waals surface area contributed by atoms with Crippen molar-refractivity contribution in [3.05, 3.63) is 28.8 Å². The molecule has 0 saturated heterocycles. The number of rotatable bonds is 2. The zero-order chi connectivity index (χ0) is 10.7. The second-order valence-electron chi connectivity index (χ2n) is 2.42. The molecule has 0 aromatic heterocycles. The molecule has 0 aliphatic rings. The molecule has 1 atom stereocenters. The van der Waals surface area contributed by atoms with Gasteiger partial charge in [-0.2, -0.15) is 0 Å². The Kier molecular flexibility index (Phi) is 3.62. The minimum absolute atomic E-state index is 0.0675. The Morgan fingerprint density at radius 3 is 2.64 bits per heavy atom. The van der Waals surface area contributed by atoms with Crippen LogP contribution in [0.5, 0.6) is 0 Å². The average Bonchev–Trinajstić information content (AvgIpc) is 2.15. The fraction of sp³-hybridized carbons (Fsp3) is 0.125. The maximum atomic E-state index is 11.1. The van der Waals surface area contributed by atoms with Crippen LogP contribution < -0.4 is 0 Å². The first-order valence-electron chi connectivity index (χ1n) is 3.54. The lowest BCUT2D eigenvalue weighted by Gasteiger charge is -2.01. The van der Waals surface area contributed by atoms with Gasteiger partial charge in [0.15, 0.2) is 11.1 Å². The predicted molar refractivity (Wildman–Crippen MR) is 51.8 cm³/mol. The first-order valence-corrected chi connectivity index (χ1v) is 5.03. The highest BCUT2D eigenvalue weighted by molar-refractivity contribution is 7.79. The lowest BCUT2D eigenvalue weighted by atomic mass is 10.2. The summed E-state index contributed by atoms with van der Waals surface area (Å²) in [7, 11) is 1.22. The van der Waals surface area contributed by atoms with Crippen LogP contribution in [0.15, 0.2) is 23.1 Å². The van der Waals surface area contributed by atoms with E-state index in [4.69, 9.17) is 16.2 Å². The van der Waals surface area contributed by atoms with Crippen molar-refractivity contribution in [3.8, 4) is 0 Å². The van der Waals surface area contributed by atoms with Crippen molar-refractivity contribution in [3.63, 3.8) is 0 Å². The van der Waals surface area contributed by atoms with E-state index in [0.717, 1.165) is 0 Å². The highest BCUT2D eigenvalue weighted by atomic mass is 35.5. The quantitative estimate of drug-likeness (QED) is 0.625. The predicted octanol–water partition coefficient (Wildman–Crippen LogP) is 1.71. The molecule has 1 unspecified atom stereocenters. The second-order valence-corrected chi connectivity index (χ2v) is 3.82. The Morgan fingerprint density at radius 1 is 1.50 bits per heavy atom. The maximum Gasteiger partial charge on any atom is 0.337 e. The van der Waals surface area contributed by atoms with Gasteiger partial charge in [-0.15, -0.1) is 0 Å². The fourth-order valence-electron chi connectivity index (χ4n) is 0.899. The SMILES string of the molecule is COC(=O)c1cc(Cl)cc(S(=O)O)c1. The van der Waals surface area contributed by atoms with E-state index in [9.17, 15) is 9.00 Å². The van der Waals surface area contributed by atoms with Crippen LogP contribution in [0.25, 0.3) is 0 Å². The van der Waals surface area contributed by atoms with E-state index in [1.165, 1.54) is 25.3 Å². The third kappa shape index (κ3) is 2.54. The van der Waals surface area contributed by atoms with E-state index in [1.807, 2.05) is 0 Å². The summed E-state index contributed by atoms with van der Waals surface area (Å²) < 4.78 is 24.0. The van der Waals surface area contributed by atoms with Gasteiger partial charge in [0.25, 0.3) is 0 Å². The number of methoxy groups -OCH3 is 1. The monoisotopic (exact) mass is 234 g/mol. The van der Waals surface area contributed by atoms with Gasteiger partial charge in [0.1, 0.15) is 0 Å². The molecule has 1 aromatic carbocycles.